The van der Waals surface area contributed by atoms with E-state index in [0.717, 1.165) is 18.7 Å². The summed E-state index contributed by atoms with van der Waals surface area (Å²) in [5.41, 5.74) is -0.106. The van der Waals surface area contributed by atoms with Gasteiger partial charge in [-0.3, -0.25) is 19.5 Å². The van der Waals surface area contributed by atoms with Crippen molar-refractivity contribution in [1.82, 2.24) is 19.2 Å². The predicted molar refractivity (Wildman–Crippen MR) is 102 cm³/mol. The highest BCUT2D eigenvalue weighted by atomic mass is 35.5. The Hall–Kier alpha value is -2.68. The summed E-state index contributed by atoms with van der Waals surface area (Å²) < 4.78 is 3.19. The van der Waals surface area contributed by atoms with Crippen molar-refractivity contribution in [3.8, 4) is 0 Å². The van der Waals surface area contributed by atoms with E-state index in [9.17, 15) is 19.7 Å². The van der Waals surface area contributed by atoms with Crippen molar-refractivity contribution in [2.45, 2.75) is 37.6 Å². The van der Waals surface area contributed by atoms with E-state index in [4.69, 9.17) is 11.6 Å². The number of hydrogen-bond acceptors (Lipinski definition) is 5. The Morgan fingerprint density at radius 2 is 1.93 bits per heavy atom. The number of amides is 1. The lowest BCUT2D eigenvalue weighted by atomic mass is 9.95. The number of hydrogen-bond donors (Lipinski definition) is 0. The average molecular weight is 406 g/mol. The molecule has 1 aliphatic heterocycles. The summed E-state index contributed by atoms with van der Waals surface area (Å²) in [6.07, 6.45) is 3.37. The van der Waals surface area contributed by atoms with E-state index < -0.39 is 4.92 Å². The Morgan fingerprint density at radius 3 is 2.54 bits per heavy atom. The number of halogens is 1. The smallest absolute Gasteiger partial charge is 0.339 e. The second kappa shape index (κ2) is 7.05. The molecule has 0 radical (unpaired) electrons. The molecule has 0 unspecified atom stereocenters. The van der Waals surface area contributed by atoms with Gasteiger partial charge in [-0.25, -0.2) is 9.48 Å². The number of nitro groups is 1. The van der Waals surface area contributed by atoms with Crippen LogP contribution in [0.4, 0.5) is 5.69 Å². The molecule has 0 N–H and O–H groups in total. The van der Waals surface area contributed by atoms with Gasteiger partial charge < -0.3 is 4.90 Å². The van der Waals surface area contributed by atoms with Crippen LogP contribution in [0.25, 0.3) is 0 Å². The number of carbonyl (C=O) groups is 1. The Morgan fingerprint density at radius 1 is 1.25 bits per heavy atom. The van der Waals surface area contributed by atoms with Gasteiger partial charge >= 0.3 is 5.69 Å². The topological polar surface area (TPSA) is 103 Å². The maximum atomic E-state index is 12.8. The van der Waals surface area contributed by atoms with Crippen LogP contribution in [0.1, 0.15) is 53.8 Å². The first-order valence-electron chi connectivity index (χ1n) is 9.25. The van der Waals surface area contributed by atoms with Crippen LogP contribution in [-0.2, 0) is 7.05 Å². The Kier molecular flexibility index (Phi) is 4.70. The summed E-state index contributed by atoms with van der Waals surface area (Å²) in [5.74, 6) is 0.599. The zero-order valence-electron chi connectivity index (χ0n) is 15.4. The van der Waals surface area contributed by atoms with Crippen LogP contribution in [0.3, 0.4) is 0 Å². The summed E-state index contributed by atoms with van der Waals surface area (Å²) in [7, 11) is 1.66. The van der Waals surface area contributed by atoms with Gasteiger partial charge in [0.25, 0.3) is 11.6 Å². The molecule has 1 amide bonds. The minimum atomic E-state index is -0.544. The molecule has 2 heterocycles. The molecule has 0 spiro atoms. The second-order valence-corrected chi connectivity index (χ2v) is 7.76. The molecule has 2 fully saturated rings. The van der Waals surface area contributed by atoms with Gasteiger partial charge in [0.15, 0.2) is 0 Å². The lowest BCUT2D eigenvalue weighted by Crippen LogP contribution is -2.38. The normalized spacial score (nSPS) is 17.7. The number of nitro benzene ring substituents is 1. The van der Waals surface area contributed by atoms with Gasteiger partial charge in [0, 0.05) is 44.2 Å². The first kappa shape index (κ1) is 18.7. The lowest BCUT2D eigenvalue weighted by Gasteiger charge is -2.31. The van der Waals surface area contributed by atoms with Crippen LogP contribution in [0.15, 0.2) is 23.0 Å². The molecular weight excluding hydrogens is 386 g/mol. The van der Waals surface area contributed by atoms with Crippen molar-refractivity contribution in [2.24, 2.45) is 7.05 Å². The maximum Gasteiger partial charge on any atom is 0.345 e. The van der Waals surface area contributed by atoms with Crippen LogP contribution in [0, 0.1) is 10.1 Å². The summed E-state index contributed by atoms with van der Waals surface area (Å²) in [6.45, 7) is 0.968. The standard InChI is InChI=1S/C18H20ClN5O4/c1-21-18(26)23(12-2-3-12)16(20-21)11-6-8-22(9-7-11)17(25)14-10-13(24(27)28)4-5-15(14)19/h4-5,10-12H,2-3,6-9H2,1H3. The van der Waals surface area contributed by atoms with Crippen molar-refractivity contribution in [2.75, 3.05) is 13.1 Å². The molecule has 2 aliphatic rings. The minimum Gasteiger partial charge on any atom is -0.339 e. The SMILES string of the molecule is Cn1nc(C2CCN(C(=O)c3cc([N+](=O)[O-])ccc3Cl)CC2)n(C2CC2)c1=O. The molecule has 148 valence electrons. The molecular formula is C18H20ClN5O4. The molecule has 1 saturated carbocycles. The van der Waals surface area contributed by atoms with Gasteiger partial charge in [0.2, 0.25) is 0 Å². The third-order valence-corrected chi connectivity index (χ3v) is 5.76. The van der Waals surface area contributed by atoms with Crippen molar-refractivity contribution < 1.29 is 9.72 Å². The number of aryl methyl sites for hydroxylation is 1. The van der Waals surface area contributed by atoms with Crippen molar-refractivity contribution in [1.29, 1.82) is 0 Å². The Labute approximate surface area is 165 Å². The molecule has 1 aromatic heterocycles. The third-order valence-electron chi connectivity index (χ3n) is 5.43. The van der Waals surface area contributed by atoms with Gasteiger partial charge in [-0.1, -0.05) is 11.6 Å². The van der Waals surface area contributed by atoms with Crippen LogP contribution in [0.2, 0.25) is 5.02 Å². The van der Waals surface area contributed by atoms with Gasteiger partial charge in [-0.2, -0.15) is 5.10 Å². The summed E-state index contributed by atoms with van der Waals surface area (Å²) in [4.78, 5) is 37.2. The van der Waals surface area contributed by atoms with E-state index in [0.29, 0.717) is 25.9 Å². The average Bonchev–Trinajstić information content (AvgIpc) is 3.47. The summed E-state index contributed by atoms with van der Waals surface area (Å²) in [6, 6.07) is 4.13. The minimum absolute atomic E-state index is 0.0839. The van der Waals surface area contributed by atoms with E-state index in [1.54, 1.807) is 16.5 Å². The molecule has 4 rings (SSSR count). The van der Waals surface area contributed by atoms with Gasteiger partial charge in [0.1, 0.15) is 5.82 Å². The number of carbonyl (C=O) groups excluding carboxylic acids is 1. The molecule has 9 nitrogen and oxygen atoms in total. The zero-order chi connectivity index (χ0) is 20.0. The number of piperidine rings is 1. The summed E-state index contributed by atoms with van der Waals surface area (Å²) in [5, 5.41) is 15.6. The first-order chi connectivity index (χ1) is 13.4. The van der Waals surface area contributed by atoms with E-state index in [2.05, 4.69) is 5.10 Å². The number of benzene rings is 1. The van der Waals surface area contributed by atoms with Crippen molar-refractivity contribution in [3.63, 3.8) is 0 Å². The molecule has 28 heavy (non-hydrogen) atoms. The van der Waals surface area contributed by atoms with E-state index in [1.807, 2.05) is 0 Å². The maximum absolute atomic E-state index is 12.8. The van der Waals surface area contributed by atoms with Gasteiger partial charge in [-0.05, 0) is 31.7 Å². The van der Waals surface area contributed by atoms with Crippen molar-refractivity contribution in [3.05, 3.63) is 55.2 Å². The second-order valence-electron chi connectivity index (χ2n) is 7.35. The Balaban J connectivity index is 1.50. The van der Waals surface area contributed by atoms with E-state index >= 15 is 0 Å². The van der Waals surface area contributed by atoms with Crippen LogP contribution < -0.4 is 5.69 Å². The molecule has 10 heteroatoms. The highest BCUT2D eigenvalue weighted by Crippen LogP contribution is 2.37. The number of likely N-dealkylation sites (tertiary alicyclic amines) is 1. The largest absolute Gasteiger partial charge is 0.345 e. The monoisotopic (exact) mass is 405 g/mol. The highest BCUT2D eigenvalue weighted by Gasteiger charge is 2.34. The first-order valence-corrected chi connectivity index (χ1v) is 9.63. The number of aromatic nitrogens is 3. The number of non-ortho nitro benzene ring substituents is 1. The number of nitrogens with zero attached hydrogens (tertiary/aromatic N) is 5. The fourth-order valence-corrected chi connectivity index (χ4v) is 3.95. The van der Waals surface area contributed by atoms with Crippen LogP contribution in [-0.4, -0.2) is 43.2 Å². The molecule has 2 aromatic rings. The predicted octanol–water partition coefficient (Wildman–Crippen LogP) is 2.50. The Bertz CT molecular complexity index is 1000. The molecule has 0 bridgehead atoms. The molecule has 1 aliphatic carbocycles. The zero-order valence-corrected chi connectivity index (χ0v) is 16.1. The van der Waals surface area contributed by atoms with Gasteiger partial charge in [0.05, 0.1) is 15.5 Å². The van der Waals surface area contributed by atoms with E-state index in [1.165, 1.54) is 22.9 Å². The lowest BCUT2D eigenvalue weighted by molar-refractivity contribution is -0.384. The molecule has 0 atom stereocenters. The third kappa shape index (κ3) is 3.30. The van der Waals surface area contributed by atoms with E-state index in [-0.39, 0.29) is 39.8 Å². The highest BCUT2D eigenvalue weighted by molar-refractivity contribution is 6.33. The summed E-state index contributed by atoms with van der Waals surface area (Å²) >= 11 is 6.10. The van der Waals surface area contributed by atoms with Crippen LogP contribution >= 0.6 is 11.6 Å². The van der Waals surface area contributed by atoms with Crippen molar-refractivity contribution >= 4 is 23.2 Å². The number of rotatable bonds is 4. The van der Waals surface area contributed by atoms with Crippen LogP contribution in [0.5, 0.6) is 0 Å². The quantitative estimate of drug-likeness (QED) is 0.574. The molecule has 1 saturated heterocycles. The fraction of sp³-hybridized carbons (Fsp3) is 0.500. The molecule has 1 aromatic carbocycles. The fourth-order valence-electron chi connectivity index (χ4n) is 3.75. The van der Waals surface area contributed by atoms with Gasteiger partial charge in [-0.15, -0.1) is 0 Å².